The molecule has 0 aromatic heterocycles. The van der Waals surface area contributed by atoms with Crippen molar-refractivity contribution in [1.82, 2.24) is 4.31 Å². The fourth-order valence-corrected chi connectivity index (χ4v) is 5.07. The summed E-state index contributed by atoms with van der Waals surface area (Å²) in [5.41, 5.74) is 0. The van der Waals surface area contributed by atoms with Gasteiger partial charge in [0.1, 0.15) is 0 Å². The molecule has 2 saturated heterocycles. The van der Waals surface area contributed by atoms with Crippen LogP contribution in [0.15, 0.2) is 0 Å². The first-order valence-corrected chi connectivity index (χ1v) is 9.80. The molecule has 0 aromatic carbocycles. The standard InChI is InChI=1S/C15H29NO3S/c1-2-3-4-13-20(17,18)16-9-5-14(6-10-16)15-7-11-19-12-8-15/h14-15H,2-13H2,1H3. The number of sulfonamides is 1. The molecule has 0 saturated carbocycles. The minimum absolute atomic E-state index is 0.336. The average molecular weight is 303 g/mol. The molecule has 2 aliphatic rings. The molecule has 0 amide bonds. The lowest BCUT2D eigenvalue weighted by Gasteiger charge is -2.37. The summed E-state index contributed by atoms with van der Waals surface area (Å²) in [6, 6.07) is 0. The van der Waals surface area contributed by atoms with E-state index < -0.39 is 10.0 Å². The van der Waals surface area contributed by atoms with Crippen LogP contribution in [-0.4, -0.2) is 44.8 Å². The number of ether oxygens (including phenoxy) is 1. The van der Waals surface area contributed by atoms with Crippen molar-refractivity contribution in [1.29, 1.82) is 0 Å². The second-order valence-electron chi connectivity index (χ2n) is 6.21. The van der Waals surface area contributed by atoms with Crippen LogP contribution in [0.25, 0.3) is 0 Å². The maximum atomic E-state index is 12.2. The average Bonchev–Trinajstić information content (AvgIpc) is 2.48. The highest BCUT2D eigenvalue weighted by Gasteiger charge is 2.31. The third-order valence-electron chi connectivity index (χ3n) is 4.83. The molecular formula is C15H29NO3S. The first-order chi connectivity index (χ1) is 9.63. The van der Waals surface area contributed by atoms with E-state index >= 15 is 0 Å². The Morgan fingerprint density at radius 3 is 2.20 bits per heavy atom. The summed E-state index contributed by atoms with van der Waals surface area (Å²) in [5, 5.41) is 0. The summed E-state index contributed by atoms with van der Waals surface area (Å²) >= 11 is 0. The highest BCUT2D eigenvalue weighted by Crippen LogP contribution is 2.32. The molecule has 0 aromatic rings. The van der Waals surface area contributed by atoms with Gasteiger partial charge >= 0.3 is 0 Å². The zero-order chi connectivity index (χ0) is 14.4. The Labute approximate surface area is 123 Å². The number of unbranched alkanes of at least 4 members (excludes halogenated alkanes) is 2. The van der Waals surface area contributed by atoms with Crippen molar-refractivity contribution < 1.29 is 13.2 Å². The molecule has 0 radical (unpaired) electrons. The molecule has 0 N–H and O–H groups in total. The topological polar surface area (TPSA) is 46.6 Å². The maximum absolute atomic E-state index is 12.2. The molecule has 2 rings (SSSR count). The fraction of sp³-hybridized carbons (Fsp3) is 1.00. The van der Waals surface area contributed by atoms with Crippen LogP contribution < -0.4 is 0 Å². The molecular weight excluding hydrogens is 274 g/mol. The molecule has 0 bridgehead atoms. The van der Waals surface area contributed by atoms with E-state index in [1.165, 1.54) is 0 Å². The predicted molar refractivity (Wildman–Crippen MR) is 81.2 cm³/mol. The van der Waals surface area contributed by atoms with Gasteiger partial charge in [-0.25, -0.2) is 12.7 Å². The molecule has 2 fully saturated rings. The van der Waals surface area contributed by atoms with Crippen LogP contribution in [0.4, 0.5) is 0 Å². The number of piperidine rings is 1. The van der Waals surface area contributed by atoms with Gasteiger partial charge < -0.3 is 4.74 Å². The number of rotatable bonds is 6. The predicted octanol–water partition coefficient (Wildman–Crippen LogP) is 2.65. The first-order valence-electron chi connectivity index (χ1n) is 8.19. The van der Waals surface area contributed by atoms with Gasteiger partial charge in [-0.3, -0.25) is 0 Å². The normalized spacial score (nSPS) is 24.1. The second kappa shape index (κ2) is 7.76. The molecule has 2 heterocycles. The van der Waals surface area contributed by atoms with Crippen molar-refractivity contribution in [2.45, 2.75) is 51.9 Å². The van der Waals surface area contributed by atoms with Crippen molar-refractivity contribution in [3.63, 3.8) is 0 Å². The van der Waals surface area contributed by atoms with E-state index in [0.717, 1.165) is 77.2 Å². The SMILES string of the molecule is CCCCCS(=O)(=O)N1CCC(C2CCOCC2)CC1. The summed E-state index contributed by atoms with van der Waals surface area (Å²) in [5.74, 6) is 1.80. The maximum Gasteiger partial charge on any atom is 0.214 e. The summed E-state index contributed by atoms with van der Waals surface area (Å²) < 4.78 is 31.6. The largest absolute Gasteiger partial charge is 0.381 e. The van der Waals surface area contributed by atoms with E-state index in [1.54, 1.807) is 4.31 Å². The Balaban J connectivity index is 1.78. The van der Waals surface area contributed by atoms with Crippen LogP contribution >= 0.6 is 0 Å². The number of nitrogens with zero attached hydrogens (tertiary/aromatic N) is 1. The smallest absolute Gasteiger partial charge is 0.214 e. The van der Waals surface area contributed by atoms with Gasteiger partial charge in [0.2, 0.25) is 10.0 Å². The number of hydrogen-bond donors (Lipinski definition) is 0. The fourth-order valence-electron chi connectivity index (χ4n) is 3.48. The molecule has 0 unspecified atom stereocenters. The highest BCUT2D eigenvalue weighted by atomic mass is 32.2. The van der Waals surface area contributed by atoms with Crippen molar-refractivity contribution in [2.24, 2.45) is 11.8 Å². The van der Waals surface area contributed by atoms with Crippen molar-refractivity contribution in [3.05, 3.63) is 0 Å². The molecule has 118 valence electrons. The van der Waals surface area contributed by atoms with Gasteiger partial charge in [-0.15, -0.1) is 0 Å². The summed E-state index contributed by atoms with van der Waals surface area (Å²) in [6.07, 6.45) is 7.29. The Morgan fingerprint density at radius 1 is 1.00 bits per heavy atom. The Hall–Kier alpha value is -0.130. The first kappa shape index (κ1) is 16.2. The van der Waals surface area contributed by atoms with Gasteiger partial charge in [0.25, 0.3) is 0 Å². The summed E-state index contributed by atoms with van der Waals surface area (Å²) in [6.45, 7) is 5.35. The third-order valence-corrected chi connectivity index (χ3v) is 6.79. The number of hydrogen-bond acceptors (Lipinski definition) is 3. The van der Waals surface area contributed by atoms with Gasteiger partial charge in [-0.05, 0) is 43.9 Å². The van der Waals surface area contributed by atoms with Crippen LogP contribution in [0, 0.1) is 11.8 Å². The molecule has 0 spiro atoms. The van der Waals surface area contributed by atoms with Gasteiger partial charge in [-0.1, -0.05) is 19.8 Å². The molecule has 0 atom stereocenters. The Bertz CT molecular complexity index is 369. The third kappa shape index (κ3) is 4.43. The van der Waals surface area contributed by atoms with Gasteiger partial charge in [0.15, 0.2) is 0 Å². The van der Waals surface area contributed by atoms with Crippen molar-refractivity contribution >= 4 is 10.0 Å². The lowest BCUT2D eigenvalue weighted by molar-refractivity contribution is 0.0364. The van der Waals surface area contributed by atoms with Crippen LogP contribution in [0.1, 0.15) is 51.9 Å². The zero-order valence-corrected chi connectivity index (χ0v) is 13.5. The van der Waals surface area contributed by atoms with Gasteiger partial charge in [0.05, 0.1) is 5.75 Å². The summed E-state index contributed by atoms with van der Waals surface area (Å²) in [7, 11) is -3.00. The van der Waals surface area contributed by atoms with Crippen molar-refractivity contribution in [2.75, 3.05) is 32.1 Å². The monoisotopic (exact) mass is 303 g/mol. The Morgan fingerprint density at radius 2 is 1.60 bits per heavy atom. The van der Waals surface area contributed by atoms with E-state index in [-0.39, 0.29) is 0 Å². The molecule has 5 heteroatoms. The van der Waals surface area contributed by atoms with Gasteiger partial charge in [-0.2, -0.15) is 0 Å². The second-order valence-corrected chi connectivity index (χ2v) is 8.30. The van der Waals surface area contributed by atoms with Crippen molar-refractivity contribution in [3.8, 4) is 0 Å². The molecule has 0 aliphatic carbocycles. The lowest BCUT2D eigenvalue weighted by Crippen LogP contribution is -2.41. The highest BCUT2D eigenvalue weighted by molar-refractivity contribution is 7.89. The summed E-state index contributed by atoms with van der Waals surface area (Å²) in [4.78, 5) is 0. The van der Waals surface area contributed by atoms with Crippen LogP contribution in [0.2, 0.25) is 0 Å². The van der Waals surface area contributed by atoms with Crippen LogP contribution in [0.5, 0.6) is 0 Å². The minimum Gasteiger partial charge on any atom is -0.381 e. The molecule has 4 nitrogen and oxygen atoms in total. The van der Waals surface area contributed by atoms with E-state index in [1.807, 2.05) is 0 Å². The van der Waals surface area contributed by atoms with Crippen LogP contribution in [-0.2, 0) is 14.8 Å². The van der Waals surface area contributed by atoms with E-state index in [0.29, 0.717) is 11.7 Å². The van der Waals surface area contributed by atoms with Gasteiger partial charge in [0, 0.05) is 26.3 Å². The van der Waals surface area contributed by atoms with E-state index in [9.17, 15) is 8.42 Å². The minimum atomic E-state index is -3.00. The molecule has 2 aliphatic heterocycles. The zero-order valence-electron chi connectivity index (χ0n) is 12.7. The van der Waals surface area contributed by atoms with E-state index in [2.05, 4.69) is 6.92 Å². The van der Waals surface area contributed by atoms with E-state index in [4.69, 9.17) is 4.74 Å². The molecule has 20 heavy (non-hydrogen) atoms. The lowest BCUT2D eigenvalue weighted by atomic mass is 9.80. The van der Waals surface area contributed by atoms with Crippen LogP contribution in [0.3, 0.4) is 0 Å². The quantitative estimate of drug-likeness (QED) is 0.709. The Kier molecular flexibility index (Phi) is 6.30.